The first kappa shape index (κ1) is 11.7. The molecule has 1 saturated carbocycles. The number of aliphatic hydroxyl groups is 1. The molecule has 1 aliphatic heterocycles. The summed E-state index contributed by atoms with van der Waals surface area (Å²) in [6.07, 6.45) is 3.98. The van der Waals surface area contributed by atoms with E-state index in [0.717, 1.165) is 44.7 Å². The molecular formula is C12H23N3O. The summed E-state index contributed by atoms with van der Waals surface area (Å²) >= 11 is 0. The predicted molar refractivity (Wildman–Crippen MR) is 65.5 cm³/mol. The highest BCUT2D eigenvalue weighted by Crippen LogP contribution is 2.39. The van der Waals surface area contributed by atoms with Crippen LogP contribution in [0.4, 0.5) is 0 Å². The second-order valence-electron chi connectivity index (χ2n) is 5.90. The normalized spacial score (nSPS) is 27.1. The van der Waals surface area contributed by atoms with Crippen molar-refractivity contribution >= 4 is 5.96 Å². The average molecular weight is 225 g/mol. The highest BCUT2D eigenvalue weighted by Gasteiger charge is 2.36. The Labute approximate surface area is 97.5 Å². The molecule has 0 radical (unpaired) electrons. The molecule has 2 rings (SSSR count). The van der Waals surface area contributed by atoms with Crippen molar-refractivity contribution < 1.29 is 5.11 Å². The first-order valence-corrected chi connectivity index (χ1v) is 6.24. The Morgan fingerprint density at radius 2 is 2.00 bits per heavy atom. The molecule has 3 N–H and O–H groups in total. The van der Waals surface area contributed by atoms with Gasteiger partial charge in [-0.05, 0) is 31.1 Å². The molecule has 1 heterocycles. The van der Waals surface area contributed by atoms with E-state index in [1.54, 1.807) is 0 Å². The van der Waals surface area contributed by atoms with Gasteiger partial charge in [0.2, 0.25) is 0 Å². The SMILES string of the molecule is CC1(C)CCC(O)(CNC2=NCCN2)CC1. The quantitative estimate of drug-likeness (QED) is 0.653. The second-order valence-corrected chi connectivity index (χ2v) is 5.90. The maximum atomic E-state index is 10.4. The van der Waals surface area contributed by atoms with Gasteiger partial charge in [0.05, 0.1) is 12.1 Å². The van der Waals surface area contributed by atoms with E-state index < -0.39 is 5.60 Å². The molecule has 4 heteroatoms. The van der Waals surface area contributed by atoms with Crippen molar-refractivity contribution in [1.82, 2.24) is 10.6 Å². The molecular weight excluding hydrogens is 202 g/mol. The molecule has 0 unspecified atom stereocenters. The summed E-state index contributed by atoms with van der Waals surface area (Å²) < 4.78 is 0. The van der Waals surface area contributed by atoms with E-state index in [1.807, 2.05) is 0 Å². The molecule has 16 heavy (non-hydrogen) atoms. The van der Waals surface area contributed by atoms with Crippen molar-refractivity contribution in [2.24, 2.45) is 10.4 Å². The molecule has 2 aliphatic rings. The molecule has 0 aromatic heterocycles. The van der Waals surface area contributed by atoms with Gasteiger partial charge < -0.3 is 15.7 Å². The zero-order valence-electron chi connectivity index (χ0n) is 10.3. The summed E-state index contributed by atoms with van der Waals surface area (Å²) in [5.41, 5.74) is -0.141. The standard InChI is InChI=1S/C12H23N3O/c1-11(2)3-5-12(16,6-4-11)9-15-10-13-7-8-14-10/h16H,3-9H2,1-2H3,(H2,13,14,15). The third kappa shape index (κ3) is 2.88. The Morgan fingerprint density at radius 3 is 2.56 bits per heavy atom. The Kier molecular flexibility index (Phi) is 3.10. The fraction of sp³-hybridized carbons (Fsp3) is 0.917. The second kappa shape index (κ2) is 4.24. The van der Waals surface area contributed by atoms with E-state index in [4.69, 9.17) is 0 Å². The van der Waals surface area contributed by atoms with Gasteiger partial charge in [-0.3, -0.25) is 4.99 Å². The van der Waals surface area contributed by atoms with Crippen LogP contribution in [0.1, 0.15) is 39.5 Å². The van der Waals surface area contributed by atoms with E-state index in [-0.39, 0.29) is 0 Å². The van der Waals surface area contributed by atoms with Crippen LogP contribution in [0.15, 0.2) is 4.99 Å². The monoisotopic (exact) mass is 225 g/mol. The molecule has 92 valence electrons. The number of hydrogen-bond acceptors (Lipinski definition) is 4. The molecule has 0 saturated heterocycles. The minimum atomic E-state index is -0.539. The van der Waals surface area contributed by atoms with Gasteiger partial charge in [0.1, 0.15) is 0 Å². The summed E-state index contributed by atoms with van der Waals surface area (Å²) in [7, 11) is 0. The van der Waals surface area contributed by atoms with Gasteiger partial charge in [-0.1, -0.05) is 13.8 Å². The molecule has 0 aromatic rings. The van der Waals surface area contributed by atoms with Crippen molar-refractivity contribution in [3.05, 3.63) is 0 Å². The number of rotatable bonds is 2. The Bertz CT molecular complexity index is 276. The first-order valence-electron chi connectivity index (χ1n) is 6.24. The lowest BCUT2D eigenvalue weighted by atomic mass is 9.71. The lowest BCUT2D eigenvalue weighted by Crippen LogP contribution is -2.48. The zero-order chi connectivity index (χ0) is 11.6. The molecule has 4 nitrogen and oxygen atoms in total. The molecule has 0 bridgehead atoms. The van der Waals surface area contributed by atoms with Gasteiger partial charge in [-0.25, -0.2) is 0 Å². The minimum absolute atomic E-state index is 0.398. The topological polar surface area (TPSA) is 56.6 Å². The number of nitrogens with zero attached hydrogens (tertiary/aromatic N) is 1. The van der Waals surface area contributed by atoms with Crippen LogP contribution in [-0.2, 0) is 0 Å². The smallest absolute Gasteiger partial charge is 0.191 e. The third-order valence-electron chi connectivity index (χ3n) is 3.79. The summed E-state index contributed by atoms with van der Waals surface area (Å²) in [4.78, 5) is 4.26. The van der Waals surface area contributed by atoms with Gasteiger partial charge in [0.25, 0.3) is 0 Å². The Morgan fingerprint density at radius 1 is 1.31 bits per heavy atom. The van der Waals surface area contributed by atoms with Crippen LogP contribution in [0.5, 0.6) is 0 Å². The molecule has 0 spiro atoms. The van der Waals surface area contributed by atoms with E-state index >= 15 is 0 Å². The highest BCUT2D eigenvalue weighted by atomic mass is 16.3. The van der Waals surface area contributed by atoms with E-state index in [1.165, 1.54) is 0 Å². The molecule has 1 fully saturated rings. The van der Waals surface area contributed by atoms with Crippen LogP contribution in [0.3, 0.4) is 0 Å². The number of nitrogens with one attached hydrogen (secondary N) is 2. The van der Waals surface area contributed by atoms with Gasteiger partial charge in [-0.2, -0.15) is 0 Å². The van der Waals surface area contributed by atoms with Crippen molar-refractivity contribution in [2.75, 3.05) is 19.6 Å². The maximum Gasteiger partial charge on any atom is 0.191 e. The average Bonchev–Trinajstić information content (AvgIpc) is 2.74. The van der Waals surface area contributed by atoms with Gasteiger partial charge in [-0.15, -0.1) is 0 Å². The van der Waals surface area contributed by atoms with Crippen LogP contribution >= 0.6 is 0 Å². The highest BCUT2D eigenvalue weighted by molar-refractivity contribution is 5.81. The lowest BCUT2D eigenvalue weighted by Gasteiger charge is -2.40. The third-order valence-corrected chi connectivity index (χ3v) is 3.79. The first-order chi connectivity index (χ1) is 7.49. The number of aliphatic imine (C=N–C) groups is 1. The van der Waals surface area contributed by atoms with E-state index in [9.17, 15) is 5.11 Å². The summed E-state index contributed by atoms with van der Waals surface area (Å²) in [5.74, 6) is 0.846. The fourth-order valence-corrected chi connectivity index (χ4v) is 2.33. The molecule has 0 atom stereocenters. The van der Waals surface area contributed by atoms with E-state index in [2.05, 4.69) is 29.5 Å². The Hall–Kier alpha value is -0.770. The van der Waals surface area contributed by atoms with Crippen molar-refractivity contribution in [3.8, 4) is 0 Å². The maximum absolute atomic E-state index is 10.4. The van der Waals surface area contributed by atoms with Gasteiger partial charge in [0, 0.05) is 13.1 Å². The Balaban J connectivity index is 1.80. The van der Waals surface area contributed by atoms with Crippen LogP contribution in [0.2, 0.25) is 0 Å². The number of hydrogen-bond donors (Lipinski definition) is 3. The minimum Gasteiger partial charge on any atom is -0.388 e. The van der Waals surface area contributed by atoms with Crippen LogP contribution in [-0.4, -0.2) is 36.3 Å². The molecule has 0 aromatic carbocycles. The van der Waals surface area contributed by atoms with Crippen LogP contribution in [0, 0.1) is 5.41 Å². The zero-order valence-corrected chi connectivity index (χ0v) is 10.3. The van der Waals surface area contributed by atoms with Crippen molar-refractivity contribution in [3.63, 3.8) is 0 Å². The van der Waals surface area contributed by atoms with Gasteiger partial charge in [0.15, 0.2) is 5.96 Å². The summed E-state index contributed by atoms with van der Waals surface area (Å²) in [6, 6.07) is 0. The van der Waals surface area contributed by atoms with Gasteiger partial charge >= 0.3 is 0 Å². The van der Waals surface area contributed by atoms with E-state index in [0.29, 0.717) is 12.0 Å². The lowest BCUT2D eigenvalue weighted by molar-refractivity contribution is -0.0212. The van der Waals surface area contributed by atoms with Crippen molar-refractivity contribution in [2.45, 2.75) is 45.1 Å². The summed E-state index contributed by atoms with van der Waals surface area (Å²) in [5, 5.41) is 16.8. The predicted octanol–water partition coefficient (Wildman–Crippen LogP) is 0.866. The van der Waals surface area contributed by atoms with Crippen LogP contribution < -0.4 is 10.6 Å². The number of guanidine groups is 1. The largest absolute Gasteiger partial charge is 0.388 e. The summed E-state index contributed by atoms with van der Waals surface area (Å²) in [6.45, 7) is 6.93. The molecule has 1 aliphatic carbocycles. The van der Waals surface area contributed by atoms with Crippen molar-refractivity contribution in [1.29, 1.82) is 0 Å². The van der Waals surface area contributed by atoms with Crippen LogP contribution in [0.25, 0.3) is 0 Å². The molecule has 0 amide bonds. The fourth-order valence-electron chi connectivity index (χ4n) is 2.33.